The molecule has 0 spiro atoms. The Labute approximate surface area is 170 Å². The number of ether oxygens (including phenoxy) is 1. The summed E-state index contributed by atoms with van der Waals surface area (Å²) in [7, 11) is 0. The zero-order valence-electron chi connectivity index (χ0n) is 16.4. The number of pyridine rings is 1. The van der Waals surface area contributed by atoms with Crippen molar-refractivity contribution in [1.29, 1.82) is 0 Å². The highest BCUT2D eigenvalue weighted by atomic mass is 19.4. The Morgan fingerprint density at radius 2 is 2.00 bits per heavy atom. The van der Waals surface area contributed by atoms with Gasteiger partial charge in [-0.05, 0) is 50.1 Å². The van der Waals surface area contributed by atoms with Crippen molar-refractivity contribution in [2.24, 2.45) is 0 Å². The summed E-state index contributed by atoms with van der Waals surface area (Å²) < 4.78 is 60.8. The molecular formula is C21H20F4N4O. The molecule has 0 saturated carbocycles. The van der Waals surface area contributed by atoms with E-state index in [9.17, 15) is 17.6 Å². The number of nitrogens with two attached hydrogens (primary N) is 1. The molecule has 3 heterocycles. The number of aromatic nitrogens is 3. The van der Waals surface area contributed by atoms with Gasteiger partial charge in [-0.15, -0.1) is 0 Å². The van der Waals surface area contributed by atoms with Gasteiger partial charge in [-0.2, -0.15) is 18.3 Å². The third kappa shape index (κ3) is 3.65. The Morgan fingerprint density at radius 3 is 2.70 bits per heavy atom. The van der Waals surface area contributed by atoms with Crippen molar-refractivity contribution in [3.05, 3.63) is 58.7 Å². The van der Waals surface area contributed by atoms with Crippen molar-refractivity contribution < 1.29 is 22.3 Å². The summed E-state index contributed by atoms with van der Waals surface area (Å²) >= 11 is 0. The predicted octanol–water partition coefficient (Wildman–Crippen LogP) is 4.49. The lowest BCUT2D eigenvalue weighted by atomic mass is 10.0. The average Bonchev–Trinajstić information content (AvgIpc) is 2.90. The fraction of sp³-hybridized carbons (Fsp3) is 0.333. The predicted molar refractivity (Wildman–Crippen MR) is 104 cm³/mol. The van der Waals surface area contributed by atoms with Crippen LogP contribution in [0.3, 0.4) is 0 Å². The maximum absolute atomic E-state index is 13.8. The Kier molecular flexibility index (Phi) is 5.01. The first-order valence-electron chi connectivity index (χ1n) is 9.47. The molecule has 5 nitrogen and oxygen atoms in total. The topological polar surface area (TPSA) is 66.0 Å². The lowest BCUT2D eigenvalue weighted by Gasteiger charge is -2.14. The van der Waals surface area contributed by atoms with Crippen LogP contribution in [0.25, 0.3) is 16.9 Å². The van der Waals surface area contributed by atoms with Crippen molar-refractivity contribution >= 4 is 5.82 Å². The minimum atomic E-state index is -4.80. The van der Waals surface area contributed by atoms with Crippen molar-refractivity contribution in [3.63, 3.8) is 0 Å². The molecule has 1 aliphatic rings. The molecule has 30 heavy (non-hydrogen) atoms. The molecule has 1 aromatic carbocycles. The highest BCUT2D eigenvalue weighted by Gasteiger charge is 2.35. The molecule has 0 aliphatic carbocycles. The van der Waals surface area contributed by atoms with Crippen LogP contribution in [0.1, 0.15) is 29.3 Å². The van der Waals surface area contributed by atoms with E-state index in [0.29, 0.717) is 36.5 Å². The number of halogens is 4. The maximum atomic E-state index is 13.8. The summed E-state index contributed by atoms with van der Waals surface area (Å²) in [5.74, 6) is -0.922. The molecule has 0 saturated heterocycles. The van der Waals surface area contributed by atoms with E-state index in [1.807, 2.05) is 19.9 Å². The van der Waals surface area contributed by atoms with E-state index in [1.165, 1.54) is 10.7 Å². The molecule has 1 atom stereocenters. The lowest BCUT2D eigenvalue weighted by molar-refractivity contribution is -0.140. The number of nitrogen functional groups attached to an aromatic ring is 1. The van der Waals surface area contributed by atoms with Gasteiger partial charge in [0.05, 0.1) is 35.3 Å². The first-order valence-corrected chi connectivity index (χ1v) is 9.47. The molecule has 158 valence electrons. The second kappa shape index (κ2) is 7.39. The van der Waals surface area contributed by atoms with Crippen molar-refractivity contribution in [2.45, 2.75) is 39.0 Å². The third-order valence-corrected chi connectivity index (χ3v) is 5.22. The fourth-order valence-corrected chi connectivity index (χ4v) is 3.67. The molecule has 0 unspecified atom stereocenters. The first-order chi connectivity index (χ1) is 14.1. The SMILES string of the molecule is Cc1cc(-c2nn(-c3ccc(F)c(C(F)(F)F)c3)c3c2CCO[C@H](C)C3)cnc1N. The summed E-state index contributed by atoms with van der Waals surface area (Å²) in [5, 5.41) is 4.62. The van der Waals surface area contributed by atoms with Crippen LogP contribution < -0.4 is 5.73 Å². The van der Waals surface area contributed by atoms with Crippen molar-refractivity contribution in [2.75, 3.05) is 12.3 Å². The van der Waals surface area contributed by atoms with E-state index >= 15 is 0 Å². The second-order valence-electron chi connectivity index (χ2n) is 7.41. The van der Waals surface area contributed by atoms with Gasteiger partial charge < -0.3 is 10.5 Å². The molecule has 1 aliphatic heterocycles. The van der Waals surface area contributed by atoms with Crippen LogP contribution in [0.15, 0.2) is 30.5 Å². The van der Waals surface area contributed by atoms with Gasteiger partial charge in [-0.1, -0.05) is 0 Å². The monoisotopic (exact) mass is 420 g/mol. The minimum absolute atomic E-state index is 0.136. The van der Waals surface area contributed by atoms with Crippen molar-refractivity contribution in [3.8, 4) is 16.9 Å². The third-order valence-electron chi connectivity index (χ3n) is 5.22. The largest absolute Gasteiger partial charge is 0.419 e. The van der Waals surface area contributed by atoms with E-state index < -0.39 is 17.6 Å². The van der Waals surface area contributed by atoms with Gasteiger partial charge in [-0.3, -0.25) is 0 Å². The number of alkyl halides is 3. The Bertz CT molecular complexity index is 1110. The zero-order chi connectivity index (χ0) is 21.6. The molecule has 3 aromatic rings. The van der Waals surface area contributed by atoms with Crippen LogP contribution in [0.4, 0.5) is 23.4 Å². The van der Waals surface area contributed by atoms with Gasteiger partial charge in [-0.25, -0.2) is 14.1 Å². The van der Waals surface area contributed by atoms with Gasteiger partial charge in [0.25, 0.3) is 0 Å². The van der Waals surface area contributed by atoms with Crippen LogP contribution >= 0.6 is 0 Å². The molecule has 2 N–H and O–H groups in total. The van der Waals surface area contributed by atoms with E-state index in [-0.39, 0.29) is 11.8 Å². The van der Waals surface area contributed by atoms with Crippen LogP contribution in [-0.2, 0) is 23.8 Å². The quantitative estimate of drug-likeness (QED) is 0.621. The highest BCUT2D eigenvalue weighted by Crippen LogP contribution is 2.35. The van der Waals surface area contributed by atoms with Gasteiger partial charge in [0, 0.05) is 23.7 Å². The first kappa shape index (κ1) is 20.3. The second-order valence-corrected chi connectivity index (χ2v) is 7.41. The molecule has 0 bridgehead atoms. The Balaban J connectivity index is 1.93. The summed E-state index contributed by atoms with van der Waals surface area (Å²) in [4.78, 5) is 4.18. The molecule has 2 aromatic heterocycles. The van der Waals surface area contributed by atoms with E-state index in [4.69, 9.17) is 10.5 Å². The molecule has 0 amide bonds. The number of rotatable bonds is 2. The standard InChI is InChI=1S/C21H20F4N4O/c1-11-7-13(10-27-20(11)26)19-15-5-6-30-12(2)8-18(15)29(28-19)14-3-4-17(22)16(9-14)21(23,24)25/h3-4,7,9-10,12H,5-6,8H2,1-2H3,(H2,26,27)/t12-/m1/s1. The molecule has 0 fully saturated rings. The molecule has 0 radical (unpaired) electrons. The van der Waals surface area contributed by atoms with Crippen LogP contribution in [-0.4, -0.2) is 27.5 Å². The number of fused-ring (bicyclic) bond motifs is 1. The van der Waals surface area contributed by atoms with Gasteiger partial charge in [0.15, 0.2) is 0 Å². The fourth-order valence-electron chi connectivity index (χ4n) is 3.67. The van der Waals surface area contributed by atoms with Gasteiger partial charge in [0.1, 0.15) is 11.6 Å². The average molecular weight is 420 g/mol. The smallest absolute Gasteiger partial charge is 0.383 e. The van der Waals surface area contributed by atoms with Crippen LogP contribution in [0.2, 0.25) is 0 Å². The van der Waals surface area contributed by atoms with Crippen molar-refractivity contribution in [1.82, 2.24) is 14.8 Å². The summed E-state index contributed by atoms with van der Waals surface area (Å²) in [6.07, 6.45) is -2.34. The van der Waals surface area contributed by atoms with Gasteiger partial charge >= 0.3 is 6.18 Å². The normalized spacial score (nSPS) is 16.9. The summed E-state index contributed by atoms with van der Waals surface area (Å²) in [6.45, 7) is 4.18. The van der Waals surface area contributed by atoms with Crippen LogP contribution in [0.5, 0.6) is 0 Å². The molecule has 4 rings (SSSR count). The Morgan fingerprint density at radius 1 is 1.23 bits per heavy atom. The number of anilines is 1. The molecule has 9 heteroatoms. The van der Waals surface area contributed by atoms with E-state index in [1.54, 1.807) is 6.20 Å². The highest BCUT2D eigenvalue weighted by molar-refractivity contribution is 5.67. The Hall–Kier alpha value is -2.94. The number of hydrogen-bond donors (Lipinski definition) is 1. The summed E-state index contributed by atoms with van der Waals surface area (Å²) in [5.41, 5.74) is 8.34. The van der Waals surface area contributed by atoms with Crippen LogP contribution in [0, 0.1) is 12.7 Å². The minimum Gasteiger partial charge on any atom is -0.383 e. The van der Waals surface area contributed by atoms with E-state index in [0.717, 1.165) is 29.0 Å². The number of nitrogens with zero attached hydrogens (tertiary/aromatic N) is 3. The number of aryl methyl sites for hydroxylation is 1. The van der Waals surface area contributed by atoms with Gasteiger partial charge in [0.2, 0.25) is 0 Å². The number of hydrogen-bond acceptors (Lipinski definition) is 4. The summed E-state index contributed by atoms with van der Waals surface area (Å²) in [6, 6.07) is 4.74. The zero-order valence-corrected chi connectivity index (χ0v) is 16.4. The molecular weight excluding hydrogens is 400 g/mol. The lowest BCUT2D eigenvalue weighted by Crippen LogP contribution is -2.14. The van der Waals surface area contributed by atoms with E-state index in [2.05, 4.69) is 10.1 Å². The maximum Gasteiger partial charge on any atom is 0.419 e. The number of benzene rings is 1.